The molecule has 1 heterocycles. The molecule has 5 heteroatoms. The fraction of sp³-hybridized carbons (Fsp3) is 0.286. The predicted molar refractivity (Wildman–Crippen MR) is 76.6 cm³/mol. The number of nitrogens with two attached hydrogens (primary N) is 1. The number of benzene rings is 1. The normalized spacial score (nSPS) is 11.2. The average Bonchev–Trinajstić information content (AvgIpc) is 2.29. The smallest absolute Gasteiger partial charge is 0.257 e. The van der Waals surface area contributed by atoms with Crippen LogP contribution in [0.2, 0.25) is 0 Å². The van der Waals surface area contributed by atoms with Crippen LogP contribution in [0.15, 0.2) is 23.0 Å². The van der Waals surface area contributed by atoms with Crippen molar-refractivity contribution >= 4 is 22.4 Å². The largest absolute Gasteiger partial charge is 0.385 e. The summed E-state index contributed by atoms with van der Waals surface area (Å²) in [5.74, 6) is 0.0285. The molecule has 0 aliphatic heterocycles. The molecule has 0 aliphatic carbocycles. The molecule has 0 saturated carbocycles. The van der Waals surface area contributed by atoms with E-state index in [2.05, 4.69) is 4.98 Å². The Balaban J connectivity index is 2.73. The second-order valence-electron chi connectivity index (χ2n) is 4.95. The number of carbonyl (C=O) groups excluding carboxylic acids is 1. The Hall–Kier alpha value is -2.14. The zero-order chi connectivity index (χ0) is 14.2. The molecular formula is C14H17N3O2. The number of ketones is 1. The second-order valence-corrected chi connectivity index (χ2v) is 4.95. The first-order valence-corrected chi connectivity index (χ1v) is 6.00. The SMILES string of the molecule is Cc1ccc2c(C(=O)CN(C)C)c(N)[nH]c(=O)c2c1. The molecular weight excluding hydrogens is 242 g/mol. The fourth-order valence-corrected chi connectivity index (χ4v) is 2.13. The molecule has 0 atom stereocenters. The Morgan fingerprint density at radius 3 is 2.63 bits per heavy atom. The van der Waals surface area contributed by atoms with Crippen molar-refractivity contribution in [1.29, 1.82) is 0 Å². The molecule has 3 N–H and O–H groups in total. The van der Waals surface area contributed by atoms with Crippen LogP contribution >= 0.6 is 0 Å². The van der Waals surface area contributed by atoms with Crippen LogP contribution < -0.4 is 11.3 Å². The van der Waals surface area contributed by atoms with E-state index < -0.39 is 0 Å². The van der Waals surface area contributed by atoms with Crippen molar-refractivity contribution in [3.05, 3.63) is 39.7 Å². The topological polar surface area (TPSA) is 79.2 Å². The number of hydrogen-bond acceptors (Lipinski definition) is 4. The summed E-state index contributed by atoms with van der Waals surface area (Å²) in [6.07, 6.45) is 0. The van der Waals surface area contributed by atoms with Crippen LogP contribution in [0, 0.1) is 6.92 Å². The zero-order valence-electron chi connectivity index (χ0n) is 11.3. The lowest BCUT2D eigenvalue weighted by molar-refractivity contribution is 0.0960. The fourth-order valence-electron chi connectivity index (χ4n) is 2.13. The second kappa shape index (κ2) is 4.85. The van der Waals surface area contributed by atoms with E-state index in [-0.39, 0.29) is 23.7 Å². The van der Waals surface area contributed by atoms with Crippen LogP contribution in [0.1, 0.15) is 15.9 Å². The highest BCUT2D eigenvalue weighted by molar-refractivity contribution is 6.12. The van der Waals surface area contributed by atoms with E-state index >= 15 is 0 Å². The number of Topliss-reactive ketones (excluding diaryl/α,β-unsaturated/α-hetero) is 1. The third-order valence-corrected chi connectivity index (χ3v) is 2.95. The summed E-state index contributed by atoms with van der Waals surface area (Å²) in [5.41, 5.74) is 6.90. The zero-order valence-corrected chi connectivity index (χ0v) is 11.3. The molecule has 0 unspecified atom stereocenters. The van der Waals surface area contributed by atoms with Crippen LogP contribution in [-0.2, 0) is 0 Å². The van der Waals surface area contributed by atoms with E-state index in [0.29, 0.717) is 16.3 Å². The van der Waals surface area contributed by atoms with E-state index in [0.717, 1.165) is 5.56 Å². The number of aromatic amines is 1. The minimum atomic E-state index is -0.266. The third-order valence-electron chi connectivity index (χ3n) is 2.95. The summed E-state index contributed by atoms with van der Waals surface area (Å²) in [4.78, 5) is 28.5. The number of anilines is 1. The van der Waals surface area contributed by atoms with E-state index in [9.17, 15) is 9.59 Å². The minimum absolute atomic E-state index is 0.104. The Labute approximate surface area is 111 Å². The van der Waals surface area contributed by atoms with E-state index in [4.69, 9.17) is 5.73 Å². The molecule has 2 aromatic rings. The van der Waals surface area contributed by atoms with Gasteiger partial charge in [0, 0.05) is 10.8 Å². The van der Waals surface area contributed by atoms with Crippen molar-refractivity contribution < 1.29 is 4.79 Å². The van der Waals surface area contributed by atoms with E-state index in [1.807, 2.05) is 27.1 Å². The number of H-pyrrole nitrogens is 1. The summed E-state index contributed by atoms with van der Waals surface area (Å²) in [6, 6.07) is 5.41. The quantitative estimate of drug-likeness (QED) is 0.811. The van der Waals surface area contributed by atoms with Gasteiger partial charge in [0.25, 0.3) is 5.56 Å². The highest BCUT2D eigenvalue weighted by Gasteiger charge is 2.17. The maximum absolute atomic E-state index is 12.2. The molecule has 0 radical (unpaired) electrons. The van der Waals surface area contributed by atoms with Gasteiger partial charge < -0.3 is 15.6 Å². The predicted octanol–water partition coefficient (Wildman–Crippen LogP) is 1.16. The maximum Gasteiger partial charge on any atom is 0.257 e. The summed E-state index contributed by atoms with van der Waals surface area (Å²) < 4.78 is 0. The number of aromatic nitrogens is 1. The van der Waals surface area contributed by atoms with Gasteiger partial charge in [-0.3, -0.25) is 9.59 Å². The number of nitrogens with one attached hydrogen (secondary N) is 1. The van der Waals surface area contributed by atoms with E-state index in [1.165, 1.54) is 0 Å². The lowest BCUT2D eigenvalue weighted by Gasteiger charge is -2.12. The van der Waals surface area contributed by atoms with Crippen LogP contribution in [0.4, 0.5) is 5.82 Å². The molecule has 0 saturated heterocycles. The molecule has 0 bridgehead atoms. The number of pyridine rings is 1. The molecule has 5 nitrogen and oxygen atoms in total. The van der Waals surface area contributed by atoms with Gasteiger partial charge in [0.05, 0.1) is 12.1 Å². The summed E-state index contributed by atoms with van der Waals surface area (Å²) >= 11 is 0. The van der Waals surface area contributed by atoms with Gasteiger partial charge >= 0.3 is 0 Å². The Morgan fingerprint density at radius 1 is 1.32 bits per heavy atom. The number of nitrogens with zero attached hydrogens (tertiary/aromatic N) is 1. The van der Waals surface area contributed by atoms with Gasteiger partial charge in [-0.2, -0.15) is 0 Å². The summed E-state index contributed by atoms with van der Waals surface area (Å²) in [7, 11) is 3.62. The van der Waals surface area contributed by atoms with Crippen LogP contribution in [0.25, 0.3) is 10.8 Å². The van der Waals surface area contributed by atoms with Gasteiger partial charge in [0.1, 0.15) is 5.82 Å². The number of fused-ring (bicyclic) bond motifs is 1. The molecule has 1 aromatic carbocycles. The lowest BCUT2D eigenvalue weighted by atomic mass is 10.0. The molecule has 0 amide bonds. The number of nitrogen functional groups attached to an aromatic ring is 1. The monoisotopic (exact) mass is 259 g/mol. The highest BCUT2D eigenvalue weighted by Crippen LogP contribution is 2.21. The first-order chi connectivity index (χ1) is 8.90. The first kappa shape index (κ1) is 13.3. The highest BCUT2D eigenvalue weighted by atomic mass is 16.1. The Morgan fingerprint density at radius 2 is 2.00 bits per heavy atom. The van der Waals surface area contributed by atoms with Crippen molar-refractivity contribution in [1.82, 2.24) is 9.88 Å². The molecule has 0 aliphatic rings. The van der Waals surface area contributed by atoms with Crippen LogP contribution in [0.5, 0.6) is 0 Å². The molecule has 19 heavy (non-hydrogen) atoms. The first-order valence-electron chi connectivity index (χ1n) is 6.00. The Kier molecular flexibility index (Phi) is 3.40. The molecule has 100 valence electrons. The van der Waals surface area contributed by atoms with Crippen molar-refractivity contribution in [2.24, 2.45) is 0 Å². The van der Waals surface area contributed by atoms with Gasteiger partial charge in [-0.25, -0.2) is 0 Å². The van der Waals surface area contributed by atoms with Crippen molar-refractivity contribution in [2.45, 2.75) is 6.92 Å². The summed E-state index contributed by atoms with van der Waals surface area (Å²) in [6.45, 7) is 2.15. The summed E-state index contributed by atoms with van der Waals surface area (Å²) in [5, 5.41) is 1.11. The third kappa shape index (κ3) is 2.51. The number of aryl methyl sites for hydroxylation is 1. The van der Waals surface area contributed by atoms with Crippen LogP contribution in [-0.4, -0.2) is 36.3 Å². The molecule has 0 spiro atoms. The molecule has 2 rings (SSSR count). The van der Waals surface area contributed by atoms with Gasteiger partial charge in [0.2, 0.25) is 0 Å². The number of hydrogen-bond donors (Lipinski definition) is 2. The molecule has 1 aromatic heterocycles. The van der Waals surface area contributed by atoms with Gasteiger partial charge in [0.15, 0.2) is 5.78 Å². The van der Waals surface area contributed by atoms with Crippen LogP contribution in [0.3, 0.4) is 0 Å². The van der Waals surface area contributed by atoms with Crippen molar-refractivity contribution in [3.63, 3.8) is 0 Å². The maximum atomic E-state index is 12.2. The minimum Gasteiger partial charge on any atom is -0.385 e. The number of rotatable bonds is 3. The average molecular weight is 259 g/mol. The van der Waals surface area contributed by atoms with Crippen molar-refractivity contribution in [3.8, 4) is 0 Å². The number of likely N-dealkylation sites (N-methyl/N-ethyl adjacent to an activating group) is 1. The lowest BCUT2D eigenvalue weighted by Crippen LogP contribution is -2.24. The van der Waals surface area contributed by atoms with E-state index in [1.54, 1.807) is 17.0 Å². The van der Waals surface area contributed by atoms with Crippen molar-refractivity contribution in [2.75, 3.05) is 26.4 Å². The molecule has 0 fully saturated rings. The Bertz CT molecular complexity index is 702. The van der Waals surface area contributed by atoms with Gasteiger partial charge in [-0.15, -0.1) is 0 Å². The standard InChI is InChI=1S/C14H17N3O2/c1-8-4-5-9-10(6-8)14(19)16-13(15)12(9)11(18)7-17(2)3/h4-6H,7H2,1-3H3,(H3,15,16,19). The van der Waals surface area contributed by atoms with Gasteiger partial charge in [-0.05, 0) is 27.1 Å². The van der Waals surface area contributed by atoms with Gasteiger partial charge in [-0.1, -0.05) is 17.7 Å². The number of carbonyl (C=O) groups is 1.